The molecule has 19 heavy (non-hydrogen) atoms. The first-order valence-electron chi connectivity index (χ1n) is 6.44. The van der Waals surface area contributed by atoms with E-state index in [-0.39, 0.29) is 12.4 Å². The SMILES string of the molecule is CCCCNC(=O)C(=O)NCCc1ccccc1F. The Bertz CT molecular complexity index is 435. The Morgan fingerprint density at radius 1 is 1.11 bits per heavy atom. The van der Waals surface area contributed by atoms with Crippen LogP contribution in [-0.4, -0.2) is 24.9 Å². The maximum atomic E-state index is 13.3. The van der Waals surface area contributed by atoms with E-state index in [2.05, 4.69) is 10.6 Å². The predicted molar refractivity (Wildman–Crippen MR) is 71.0 cm³/mol. The van der Waals surface area contributed by atoms with E-state index in [0.717, 1.165) is 12.8 Å². The van der Waals surface area contributed by atoms with Crippen molar-refractivity contribution in [2.75, 3.05) is 13.1 Å². The highest BCUT2D eigenvalue weighted by Gasteiger charge is 2.11. The Balaban J connectivity index is 2.27. The number of carbonyl (C=O) groups is 2. The van der Waals surface area contributed by atoms with Crippen LogP contribution in [0.5, 0.6) is 0 Å². The number of halogens is 1. The highest BCUT2D eigenvalue weighted by atomic mass is 19.1. The molecule has 2 N–H and O–H groups in total. The van der Waals surface area contributed by atoms with Gasteiger partial charge in [0, 0.05) is 13.1 Å². The van der Waals surface area contributed by atoms with Gasteiger partial charge in [-0.15, -0.1) is 0 Å². The minimum atomic E-state index is -0.674. The zero-order chi connectivity index (χ0) is 14.1. The van der Waals surface area contributed by atoms with Gasteiger partial charge in [0.25, 0.3) is 0 Å². The first-order chi connectivity index (χ1) is 9.15. The number of benzene rings is 1. The van der Waals surface area contributed by atoms with Crippen LogP contribution in [0.4, 0.5) is 4.39 Å². The van der Waals surface area contributed by atoms with Crippen LogP contribution in [0, 0.1) is 5.82 Å². The Kier molecular flexibility index (Phi) is 6.57. The topological polar surface area (TPSA) is 58.2 Å². The van der Waals surface area contributed by atoms with Crippen LogP contribution in [0.3, 0.4) is 0 Å². The van der Waals surface area contributed by atoms with Crippen molar-refractivity contribution in [3.8, 4) is 0 Å². The van der Waals surface area contributed by atoms with E-state index in [0.29, 0.717) is 18.5 Å². The van der Waals surface area contributed by atoms with Crippen molar-refractivity contribution in [3.05, 3.63) is 35.6 Å². The summed E-state index contributed by atoms with van der Waals surface area (Å²) in [7, 11) is 0. The molecule has 4 nitrogen and oxygen atoms in total. The standard InChI is InChI=1S/C14H19FN2O2/c1-2-3-9-16-13(18)14(19)17-10-8-11-6-4-5-7-12(11)15/h4-7H,2-3,8-10H2,1H3,(H,16,18)(H,17,19). The summed E-state index contributed by atoms with van der Waals surface area (Å²) < 4.78 is 13.3. The predicted octanol–water partition coefficient (Wildman–Crippen LogP) is 1.40. The van der Waals surface area contributed by atoms with Gasteiger partial charge in [-0.1, -0.05) is 31.5 Å². The van der Waals surface area contributed by atoms with Crippen molar-refractivity contribution >= 4 is 11.8 Å². The number of carbonyl (C=O) groups excluding carboxylic acids is 2. The summed E-state index contributed by atoms with van der Waals surface area (Å²) in [6.45, 7) is 2.73. The van der Waals surface area contributed by atoms with Crippen LogP contribution in [0.2, 0.25) is 0 Å². The molecule has 0 aliphatic rings. The monoisotopic (exact) mass is 266 g/mol. The van der Waals surface area contributed by atoms with E-state index in [9.17, 15) is 14.0 Å². The average molecular weight is 266 g/mol. The highest BCUT2D eigenvalue weighted by Crippen LogP contribution is 2.05. The second-order valence-corrected chi connectivity index (χ2v) is 4.21. The van der Waals surface area contributed by atoms with E-state index >= 15 is 0 Å². The minimum absolute atomic E-state index is 0.237. The second kappa shape index (κ2) is 8.24. The molecule has 0 aliphatic heterocycles. The number of unbranched alkanes of at least 4 members (excludes halogenated alkanes) is 1. The van der Waals surface area contributed by atoms with Gasteiger partial charge in [0.15, 0.2) is 0 Å². The van der Waals surface area contributed by atoms with E-state index in [1.54, 1.807) is 18.2 Å². The van der Waals surface area contributed by atoms with Crippen molar-refractivity contribution in [2.45, 2.75) is 26.2 Å². The lowest BCUT2D eigenvalue weighted by Crippen LogP contribution is -2.41. The third kappa shape index (κ3) is 5.50. The number of hydrogen-bond acceptors (Lipinski definition) is 2. The third-order valence-electron chi connectivity index (χ3n) is 2.66. The summed E-state index contributed by atoms with van der Waals surface area (Å²) in [5.41, 5.74) is 0.522. The Morgan fingerprint density at radius 2 is 1.74 bits per heavy atom. The van der Waals surface area contributed by atoms with Crippen LogP contribution in [0.25, 0.3) is 0 Å². The molecular formula is C14H19FN2O2. The van der Waals surface area contributed by atoms with Crippen LogP contribution in [0.1, 0.15) is 25.3 Å². The first-order valence-corrected chi connectivity index (χ1v) is 6.44. The van der Waals surface area contributed by atoms with Gasteiger partial charge in [0.1, 0.15) is 5.82 Å². The fourth-order valence-electron chi connectivity index (χ4n) is 1.55. The van der Waals surface area contributed by atoms with Gasteiger partial charge in [-0.25, -0.2) is 4.39 Å². The molecule has 0 heterocycles. The van der Waals surface area contributed by atoms with Gasteiger partial charge in [-0.05, 0) is 24.5 Å². The highest BCUT2D eigenvalue weighted by molar-refractivity contribution is 6.35. The summed E-state index contributed by atoms with van der Waals surface area (Å²) in [6, 6.07) is 6.37. The number of rotatable bonds is 6. The molecule has 1 aromatic carbocycles. The van der Waals surface area contributed by atoms with Crippen LogP contribution < -0.4 is 10.6 Å². The lowest BCUT2D eigenvalue weighted by Gasteiger charge is -2.06. The summed E-state index contributed by atoms with van der Waals surface area (Å²) in [5, 5.41) is 4.99. The smallest absolute Gasteiger partial charge is 0.309 e. The zero-order valence-corrected chi connectivity index (χ0v) is 11.0. The maximum Gasteiger partial charge on any atom is 0.309 e. The molecule has 0 fully saturated rings. The van der Waals surface area contributed by atoms with Gasteiger partial charge in [0.2, 0.25) is 0 Å². The molecule has 0 saturated heterocycles. The molecule has 0 unspecified atom stereocenters. The molecule has 0 spiro atoms. The zero-order valence-electron chi connectivity index (χ0n) is 11.0. The second-order valence-electron chi connectivity index (χ2n) is 4.21. The lowest BCUT2D eigenvalue weighted by molar-refractivity contribution is -0.139. The van der Waals surface area contributed by atoms with Gasteiger partial charge >= 0.3 is 11.8 Å². The van der Waals surface area contributed by atoms with Crippen molar-refractivity contribution in [1.29, 1.82) is 0 Å². The van der Waals surface area contributed by atoms with Crippen molar-refractivity contribution < 1.29 is 14.0 Å². The molecule has 0 saturated carbocycles. The number of amides is 2. The van der Waals surface area contributed by atoms with Crippen molar-refractivity contribution in [2.24, 2.45) is 0 Å². The van der Waals surface area contributed by atoms with Gasteiger partial charge in [0.05, 0.1) is 0 Å². The summed E-state index contributed by atoms with van der Waals surface area (Å²) >= 11 is 0. The quantitative estimate of drug-likeness (QED) is 0.604. The van der Waals surface area contributed by atoms with E-state index in [1.165, 1.54) is 6.07 Å². The Morgan fingerprint density at radius 3 is 2.37 bits per heavy atom. The third-order valence-corrected chi connectivity index (χ3v) is 2.66. The normalized spacial score (nSPS) is 10.0. The van der Waals surface area contributed by atoms with E-state index < -0.39 is 11.8 Å². The molecule has 0 aromatic heterocycles. The fraction of sp³-hybridized carbons (Fsp3) is 0.429. The molecule has 5 heteroatoms. The Labute approximate surface area is 112 Å². The average Bonchev–Trinajstić information content (AvgIpc) is 2.41. The van der Waals surface area contributed by atoms with Crippen LogP contribution in [0.15, 0.2) is 24.3 Å². The van der Waals surface area contributed by atoms with Crippen molar-refractivity contribution in [1.82, 2.24) is 10.6 Å². The molecule has 2 amide bonds. The molecule has 0 radical (unpaired) electrons. The summed E-state index contributed by atoms with van der Waals surface area (Å²) in [4.78, 5) is 22.7. The summed E-state index contributed by atoms with van der Waals surface area (Å²) in [6.07, 6.45) is 2.16. The van der Waals surface area contributed by atoms with Gasteiger partial charge in [-0.3, -0.25) is 9.59 Å². The van der Waals surface area contributed by atoms with Crippen LogP contribution in [-0.2, 0) is 16.0 Å². The molecule has 1 aromatic rings. The number of nitrogens with one attached hydrogen (secondary N) is 2. The molecule has 104 valence electrons. The molecular weight excluding hydrogens is 247 g/mol. The largest absolute Gasteiger partial charge is 0.348 e. The minimum Gasteiger partial charge on any atom is -0.348 e. The molecule has 0 aliphatic carbocycles. The Hall–Kier alpha value is -1.91. The van der Waals surface area contributed by atoms with Crippen LogP contribution >= 0.6 is 0 Å². The van der Waals surface area contributed by atoms with E-state index in [1.807, 2.05) is 6.92 Å². The number of hydrogen-bond donors (Lipinski definition) is 2. The van der Waals surface area contributed by atoms with E-state index in [4.69, 9.17) is 0 Å². The first kappa shape index (κ1) is 15.1. The summed E-state index contributed by atoms with van der Waals surface area (Å²) in [5.74, 6) is -1.61. The van der Waals surface area contributed by atoms with Crippen molar-refractivity contribution in [3.63, 3.8) is 0 Å². The maximum absolute atomic E-state index is 13.3. The van der Waals surface area contributed by atoms with Gasteiger partial charge in [-0.2, -0.15) is 0 Å². The van der Waals surface area contributed by atoms with Gasteiger partial charge < -0.3 is 10.6 Å². The molecule has 0 bridgehead atoms. The fourth-order valence-corrected chi connectivity index (χ4v) is 1.55. The lowest BCUT2D eigenvalue weighted by atomic mass is 10.1. The molecule has 0 atom stereocenters. The molecule has 1 rings (SSSR count).